The highest BCUT2D eigenvalue weighted by atomic mass is 16.6. The van der Waals surface area contributed by atoms with Gasteiger partial charge < -0.3 is 19.5 Å². The van der Waals surface area contributed by atoms with Gasteiger partial charge in [0.1, 0.15) is 11.5 Å². The zero-order valence-corrected chi connectivity index (χ0v) is 17.1. The first kappa shape index (κ1) is 20.7. The van der Waals surface area contributed by atoms with E-state index in [9.17, 15) is 14.7 Å². The Morgan fingerprint density at radius 2 is 1.90 bits per heavy atom. The molecule has 0 aromatic heterocycles. The highest BCUT2D eigenvalue weighted by molar-refractivity contribution is 5.76. The van der Waals surface area contributed by atoms with Gasteiger partial charge in [-0.15, -0.1) is 0 Å². The van der Waals surface area contributed by atoms with Crippen LogP contribution < -0.4 is 9.47 Å². The molecule has 1 unspecified atom stereocenters. The van der Waals surface area contributed by atoms with Crippen LogP contribution in [0.5, 0.6) is 11.5 Å². The number of hydrogen-bond acceptors (Lipinski definition) is 4. The smallest absolute Gasteiger partial charge is 0.415 e. The number of rotatable bonds is 6. The molecule has 0 bridgehead atoms. The molecule has 1 atom stereocenters. The van der Waals surface area contributed by atoms with E-state index >= 15 is 0 Å². The van der Waals surface area contributed by atoms with E-state index in [1.165, 1.54) is 13.8 Å². The number of carboxylic acids is 1. The normalized spacial score (nSPS) is 16.5. The number of aryl methyl sites for hydroxylation is 1. The van der Waals surface area contributed by atoms with Crippen LogP contribution in [0.1, 0.15) is 31.4 Å². The van der Waals surface area contributed by atoms with E-state index in [0.717, 1.165) is 24.0 Å². The number of amides is 1. The summed E-state index contributed by atoms with van der Waals surface area (Å²) in [5, 5.41) is 9.23. The standard InChI is InChI=1S/C23H27NO5/c1-16-13-17(9-10-20(16)29-23(2,3)21(25)26)14-18-11-12-24(15-18)22(27)28-19-7-5-4-6-8-19/h4-10,13,18H,11-12,14-15H2,1-3H3,(H,25,26). The molecule has 1 saturated heterocycles. The molecule has 3 rings (SSSR count). The van der Waals surface area contributed by atoms with Gasteiger partial charge in [-0.1, -0.05) is 30.3 Å². The molecular formula is C23H27NO5. The summed E-state index contributed by atoms with van der Waals surface area (Å²) < 4.78 is 11.1. The minimum atomic E-state index is -1.28. The number of aliphatic carboxylic acids is 1. The van der Waals surface area contributed by atoms with Crippen LogP contribution in [-0.4, -0.2) is 40.8 Å². The molecule has 154 valence electrons. The molecule has 1 heterocycles. The number of carbonyl (C=O) groups is 2. The van der Waals surface area contributed by atoms with E-state index in [-0.39, 0.29) is 6.09 Å². The largest absolute Gasteiger partial charge is 0.478 e. The highest BCUT2D eigenvalue weighted by Gasteiger charge is 2.30. The molecule has 1 aliphatic rings. The van der Waals surface area contributed by atoms with Crippen molar-refractivity contribution in [3.63, 3.8) is 0 Å². The Hall–Kier alpha value is -3.02. The van der Waals surface area contributed by atoms with E-state index in [1.807, 2.05) is 43.3 Å². The molecular weight excluding hydrogens is 370 g/mol. The molecule has 0 saturated carbocycles. The Bertz CT molecular complexity index is 878. The second-order valence-electron chi connectivity index (χ2n) is 8.00. The molecule has 2 aromatic carbocycles. The van der Waals surface area contributed by atoms with Crippen molar-refractivity contribution in [2.24, 2.45) is 5.92 Å². The molecule has 1 fully saturated rings. The first-order valence-electron chi connectivity index (χ1n) is 9.78. The molecule has 6 heteroatoms. The average molecular weight is 397 g/mol. The number of likely N-dealkylation sites (tertiary alicyclic amines) is 1. The number of nitrogens with zero attached hydrogens (tertiary/aromatic N) is 1. The first-order valence-corrected chi connectivity index (χ1v) is 9.78. The van der Waals surface area contributed by atoms with Crippen LogP contribution in [0.25, 0.3) is 0 Å². The third-order valence-electron chi connectivity index (χ3n) is 5.14. The quantitative estimate of drug-likeness (QED) is 0.786. The third kappa shape index (κ3) is 5.28. The number of ether oxygens (including phenoxy) is 2. The summed E-state index contributed by atoms with van der Waals surface area (Å²) in [4.78, 5) is 25.4. The van der Waals surface area contributed by atoms with Gasteiger partial charge >= 0.3 is 12.1 Å². The average Bonchev–Trinajstić information content (AvgIpc) is 3.13. The lowest BCUT2D eigenvalue weighted by Gasteiger charge is -2.23. The van der Waals surface area contributed by atoms with Crippen LogP contribution in [0.2, 0.25) is 0 Å². The molecule has 0 aliphatic carbocycles. The Morgan fingerprint density at radius 3 is 2.55 bits per heavy atom. The van der Waals surface area contributed by atoms with Gasteiger partial charge in [-0.3, -0.25) is 0 Å². The number of carbonyl (C=O) groups excluding carboxylic acids is 1. The molecule has 29 heavy (non-hydrogen) atoms. The van der Waals surface area contributed by atoms with Crippen LogP contribution in [0.3, 0.4) is 0 Å². The van der Waals surface area contributed by atoms with Crippen molar-refractivity contribution in [2.75, 3.05) is 13.1 Å². The zero-order valence-electron chi connectivity index (χ0n) is 17.1. The minimum Gasteiger partial charge on any atom is -0.478 e. The summed E-state index contributed by atoms with van der Waals surface area (Å²) in [6.07, 6.45) is 1.46. The monoisotopic (exact) mass is 397 g/mol. The van der Waals surface area contributed by atoms with E-state index < -0.39 is 11.6 Å². The number of hydrogen-bond donors (Lipinski definition) is 1. The van der Waals surface area contributed by atoms with Gasteiger partial charge in [0.2, 0.25) is 0 Å². The van der Waals surface area contributed by atoms with Crippen molar-refractivity contribution < 1.29 is 24.2 Å². The number of para-hydroxylation sites is 1. The topological polar surface area (TPSA) is 76.1 Å². The molecule has 0 radical (unpaired) electrons. The number of benzene rings is 2. The zero-order chi connectivity index (χ0) is 21.0. The van der Waals surface area contributed by atoms with Crippen LogP contribution in [0.15, 0.2) is 48.5 Å². The van der Waals surface area contributed by atoms with Crippen LogP contribution in [-0.2, 0) is 11.2 Å². The predicted molar refractivity (Wildman–Crippen MR) is 109 cm³/mol. The fourth-order valence-corrected chi connectivity index (χ4v) is 3.42. The SMILES string of the molecule is Cc1cc(CC2CCN(C(=O)Oc3ccccc3)C2)ccc1OC(C)(C)C(=O)O. The summed E-state index contributed by atoms with van der Waals surface area (Å²) >= 11 is 0. The van der Waals surface area contributed by atoms with Gasteiger partial charge in [0.25, 0.3) is 0 Å². The van der Waals surface area contributed by atoms with Gasteiger partial charge in [0, 0.05) is 13.1 Å². The predicted octanol–water partition coefficient (Wildman–Crippen LogP) is 4.30. The van der Waals surface area contributed by atoms with Crippen LogP contribution >= 0.6 is 0 Å². The van der Waals surface area contributed by atoms with Crippen molar-refractivity contribution in [3.05, 3.63) is 59.7 Å². The summed E-state index contributed by atoms with van der Waals surface area (Å²) in [6, 6.07) is 14.9. The maximum atomic E-state index is 12.3. The first-order chi connectivity index (χ1) is 13.7. The van der Waals surface area contributed by atoms with Crippen molar-refractivity contribution in [1.29, 1.82) is 0 Å². The van der Waals surface area contributed by atoms with Crippen molar-refractivity contribution in [1.82, 2.24) is 4.90 Å². The van der Waals surface area contributed by atoms with Gasteiger partial charge in [0.15, 0.2) is 5.60 Å². The maximum absolute atomic E-state index is 12.3. The van der Waals surface area contributed by atoms with E-state index in [1.54, 1.807) is 17.0 Å². The van der Waals surface area contributed by atoms with Crippen molar-refractivity contribution in [2.45, 2.75) is 39.2 Å². The summed E-state index contributed by atoms with van der Waals surface area (Å²) in [6.45, 7) is 6.32. The molecule has 0 spiro atoms. The molecule has 1 N–H and O–H groups in total. The van der Waals surface area contributed by atoms with Crippen LogP contribution in [0, 0.1) is 12.8 Å². The van der Waals surface area contributed by atoms with Gasteiger partial charge in [0.05, 0.1) is 0 Å². The van der Waals surface area contributed by atoms with E-state index in [0.29, 0.717) is 30.5 Å². The van der Waals surface area contributed by atoms with Crippen LogP contribution in [0.4, 0.5) is 4.79 Å². The van der Waals surface area contributed by atoms with Gasteiger partial charge in [-0.25, -0.2) is 9.59 Å². The third-order valence-corrected chi connectivity index (χ3v) is 5.14. The van der Waals surface area contributed by atoms with Crippen molar-refractivity contribution >= 4 is 12.1 Å². The molecule has 1 aliphatic heterocycles. The fourth-order valence-electron chi connectivity index (χ4n) is 3.42. The minimum absolute atomic E-state index is 0.311. The number of carboxylic acid groups (broad SMARTS) is 1. The van der Waals surface area contributed by atoms with E-state index in [2.05, 4.69) is 0 Å². The Balaban J connectivity index is 1.56. The second-order valence-corrected chi connectivity index (χ2v) is 8.00. The van der Waals surface area contributed by atoms with E-state index in [4.69, 9.17) is 9.47 Å². The Kier molecular flexibility index (Phi) is 6.11. The molecule has 1 amide bonds. The fraction of sp³-hybridized carbons (Fsp3) is 0.391. The maximum Gasteiger partial charge on any atom is 0.415 e. The second kappa shape index (κ2) is 8.55. The lowest BCUT2D eigenvalue weighted by Crippen LogP contribution is -2.38. The lowest BCUT2D eigenvalue weighted by molar-refractivity contribution is -0.152. The summed E-state index contributed by atoms with van der Waals surface area (Å²) in [5.74, 6) is 0.478. The van der Waals surface area contributed by atoms with Crippen molar-refractivity contribution in [3.8, 4) is 11.5 Å². The van der Waals surface area contributed by atoms with Gasteiger partial charge in [-0.2, -0.15) is 0 Å². The summed E-state index contributed by atoms with van der Waals surface area (Å²) in [5.41, 5.74) is 0.763. The lowest BCUT2D eigenvalue weighted by atomic mass is 9.97. The molecule has 2 aromatic rings. The molecule has 6 nitrogen and oxygen atoms in total. The van der Waals surface area contributed by atoms with Gasteiger partial charge in [-0.05, 0) is 68.9 Å². The highest BCUT2D eigenvalue weighted by Crippen LogP contribution is 2.27. The Morgan fingerprint density at radius 1 is 1.17 bits per heavy atom. The summed E-state index contributed by atoms with van der Waals surface area (Å²) in [7, 11) is 0. The Labute approximate surface area is 171 Å².